The van der Waals surface area contributed by atoms with E-state index in [0.29, 0.717) is 18.7 Å². The topological polar surface area (TPSA) is 107 Å². The summed E-state index contributed by atoms with van der Waals surface area (Å²) < 4.78 is 1.43. The minimum Gasteiger partial charge on any atom is -0.480 e. The summed E-state index contributed by atoms with van der Waals surface area (Å²) in [6.07, 6.45) is 1.29. The molecule has 3 heterocycles. The summed E-state index contributed by atoms with van der Waals surface area (Å²) in [7, 11) is 0. The zero-order chi connectivity index (χ0) is 16.0. The highest BCUT2D eigenvalue weighted by Gasteiger charge is 2.38. The second-order valence-corrected chi connectivity index (χ2v) is 5.69. The number of aryl methyl sites for hydroxylation is 1. The quantitative estimate of drug-likeness (QED) is 0.747. The van der Waals surface area contributed by atoms with E-state index in [2.05, 4.69) is 15.1 Å². The minimum atomic E-state index is -0.948. The van der Waals surface area contributed by atoms with E-state index in [1.807, 2.05) is 36.4 Å². The minimum absolute atomic E-state index is 0.110. The Labute approximate surface area is 131 Å². The average Bonchev–Trinajstić information content (AvgIpc) is 2.93. The Balaban J connectivity index is 1.81. The number of rotatable bonds is 2. The number of carboxylic acids is 1. The molecule has 1 aliphatic rings. The fourth-order valence-corrected chi connectivity index (χ4v) is 3.25. The molecule has 0 saturated carbocycles. The van der Waals surface area contributed by atoms with Crippen molar-refractivity contribution < 1.29 is 9.90 Å². The third-order valence-electron chi connectivity index (χ3n) is 4.29. The highest BCUT2D eigenvalue weighted by molar-refractivity contribution is 5.79. The van der Waals surface area contributed by atoms with Gasteiger partial charge >= 0.3 is 5.97 Å². The number of hydrogen-bond acceptors (Lipinski definition) is 5. The van der Waals surface area contributed by atoms with E-state index in [4.69, 9.17) is 5.73 Å². The summed E-state index contributed by atoms with van der Waals surface area (Å²) in [5.41, 5.74) is 7.25. The van der Waals surface area contributed by atoms with Gasteiger partial charge in [-0.05, 0) is 18.6 Å². The van der Waals surface area contributed by atoms with Crippen LogP contribution in [0.3, 0.4) is 0 Å². The second-order valence-electron chi connectivity index (χ2n) is 5.69. The number of para-hydroxylation sites is 1. The lowest BCUT2D eigenvalue weighted by Gasteiger charge is -2.28. The monoisotopic (exact) mass is 309 g/mol. The normalized spacial score (nSPS) is 20.3. The predicted octanol–water partition coefficient (Wildman–Crippen LogP) is 1.76. The van der Waals surface area contributed by atoms with Crippen LogP contribution < -0.4 is 5.73 Å². The van der Waals surface area contributed by atoms with Crippen LogP contribution in [0.15, 0.2) is 36.4 Å². The number of carbonyl (C=O) groups is 1. The second kappa shape index (κ2) is 5.05. The molecule has 0 bridgehead atoms. The molecular formula is C16H15N5O2. The maximum atomic E-state index is 11.8. The molecule has 0 spiro atoms. The number of fused-ring (bicyclic) bond motifs is 2. The summed E-state index contributed by atoms with van der Waals surface area (Å²) in [5.74, 6) is -0.480. The fourth-order valence-electron chi connectivity index (χ4n) is 3.25. The molecule has 116 valence electrons. The Kier molecular flexibility index (Phi) is 3.00. The third-order valence-corrected chi connectivity index (χ3v) is 4.29. The lowest BCUT2D eigenvalue weighted by molar-refractivity contribution is -0.142. The zero-order valence-electron chi connectivity index (χ0n) is 12.3. The Morgan fingerprint density at radius 2 is 2.04 bits per heavy atom. The van der Waals surface area contributed by atoms with E-state index >= 15 is 0 Å². The van der Waals surface area contributed by atoms with Gasteiger partial charge in [0, 0.05) is 23.4 Å². The Bertz CT molecular complexity index is 904. The zero-order valence-corrected chi connectivity index (χ0v) is 12.3. The first-order valence-corrected chi connectivity index (χ1v) is 7.43. The molecule has 3 N–H and O–H groups in total. The van der Waals surface area contributed by atoms with Crippen molar-refractivity contribution in [3.63, 3.8) is 0 Å². The summed E-state index contributed by atoms with van der Waals surface area (Å²) in [4.78, 5) is 20.6. The lowest BCUT2D eigenvalue weighted by atomic mass is 9.87. The number of carboxylic acid groups (broad SMARTS) is 1. The maximum Gasteiger partial charge on any atom is 0.329 e. The average molecular weight is 309 g/mol. The number of nitrogen functional groups attached to an aromatic ring is 1. The van der Waals surface area contributed by atoms with Crippen LogP contribution in [0, 0.1) is 0 Å². The van der Waals surface area contributed by atoms with Crippen molar-refractivity contribution in [1.82, 2.24) is 19.7 Å². The van der Waals surface area contributed by atoms with Gasteiger partial charge in [0.2, 0.25) is 5.95 Å². The first-order chi connectivity index (χ1) is 11.1. The highest BCUT2D eigenvalue weighted by Crippen LogP contribution is 2.37. The lowest BCUT2D eigenvalue weighted by Crippen LogP contribution is -2.33. The molecule has 0 amide bonds. The number of hydrogen-bond donors (Lipinski definition) is 2. The van der Waals surface area contributed by atoms with E-state index in [9.17, 15) is 9.90 Å². The van der Waals surface area contributed by atoms with Gasteiger partial charge in [0.05, 0.1) is 5.52 Å². The van der Waals surface area contributed by atoms with Gasteiger partial charge in [0.15, 0.2) is 6.04 Å². The van der Waals surface area contributed by atoms with Crippen molar-refractivity contribution in [3.05, 3.63) is 47.9 Å². The van der Waals surface area contributed by atoms with Gasteiger partial charge in [-0.3, -0.25) is 4.98 Å². The van der Waals surface area contributed by atoms with Gasteiger partial charge in [0.1, 0.15) is 5.82 Å². The largest absolute Gasteiger partial charge is 0.480 e. The molecule has 1 aliphatic heterocycles. The standard InChI is InChI=1S/C16H15N5O2/c17-16-19-13-8-6-10(14(15(22)23)21(13)20-16)12-7-5-9-3-1-2-4-11(9)18-12/h1-5,7,10,14H,6,8H2,(H2,17,20)(H,22,23). The van der Waals surface area contributed by atoms with Gasteiger partial charge in [0.25, 0.3) is 0 Å². The molecule has 7 nitrogen and oxygen atoms in total. The molecule has 4 rings (SSSR count). The van der Waals surface area contributed by atoms with Crippen molar-refractivity contribution in [2.45, 2.75) is 24.8 Å². The van der Waals surface area contributed by atoms with Crippen LogP contribution >= 0.6 is 0 Å². The number of benzene rings is 1. The van der Waals surface area contributed by atoms with E-state index in [0.717, 1.165) is 16.6 Å². The summed E-state index contributed by atoms with van der Waals surface area (Å²) >= 11 is 0. The first kappa shape index (κ1) is 13.7. The Hall–Kier alpha value is -2.96. The molecule has 0 fully saturated rings. The highest BCUT2D eigenvalue weighted by atomic mass is 16.4. The van der Waals surface area contributed by atoms with Gasteiger partial charge in [-0.15, -0.1) is 5.10 Å². The van der Waals surface area contributed by atoms with E-state index in [1.54, 1.807) is 0 Å². The van der Waals surface area contributed by atoms with Crippen LogP contribution in [0.1, 0.15) is 29.9 Å². The Morgan fingerprint density at radius 1 is 1.22 bits per heavy atom. The van der Waals surface area contributed by atoms with Gasteiger partial charge in [-0.2, -0.15) is 4.98 Å². The Morgan fingerprint density at radius 3 is 2.87 bits per heavy atom. The molecule has 2 atom stereocenters. The van der Waals surface area contributed by atoms with Gasteiger partial charge in [-0.1, -0.05) is 24.3 Å². The summed E-state index contributed by atoms with van der Waals surface area (Å²) in [6, 6.07) is 10.8. The molecule has 1 aromatic carbocycles. The van der Waals surface area contributed by atoms with Crippen LogP contribution in [-0.2, 0) is 11.2 Å². The molecule has 23 heavy (non-hydrogen) atoms. The molecule has 0 saturated heterocycles. The number of nitrogens with zero attached hydrogens (tertiary/aromatic N) is 4. The van der Waals surface area contributed by atoms with Crippen molar-refractivity contribution >= 4 is 22.8 Å². The molecule has 2 unspecified atom stereocenters. The molecule has 2 aromatic heterocycles. The van der Waals surface area contributed by atoms with Crippen LogP contribution in [0.2, 0.25) is 0 Å². The molecule has 3 aromatic rings. The van der Waals surface area contributed by atoms with Crippen molar-refractivity contribution in [2.24, 2.45) is 0 Å². The molecule has 0 radical (unpaired) electrons. The third kappa shape index (κ3) is 2.21. The van der Waals surface area contributed by atoms with Crippen LogP contribution in [-0.4, -0.2) is 30.8 Å². The van der Waals surface area contributed by atoms with Crippen LogP contribution in [0.5, 0.6) is 0 Å². The molecule has 7 heteroatoms. The number of aliphatic carboxylic acids is 1. The first-order valence-electron chi connectivity index (χ1n) is 7.43. The summed E-state index contributed by atoms with van der Waals surface area (Å²) in [6.45, 7) is 0. The van der Waals surface area contributed by atoms with Crippen LogP contribution in [0.25, 0.3) is 10.9 Å². The SMILES string of the molecule is Nc1nc2n(n1)C(C(=O)O)C(c1ccc3ccccc3n1)CC2. The number of nitrogens with two attached hydrogens (primary N) is 1. The number of aromatic nitrogens is 4. The fraction of sp³-hybridized carbons (Fsp3) is 0.250. The summed E-state index contributed by atoms with van der Waals surface area (Å²) in [5, 5.41) is 14.8. The van der Waals surface area contributed by atoms with E-state index in [-0.39, 0.29) is 11.9 Å². The smallest absolute Gasteiger partial charge is 0.329 e. The molecular weight excluding hydrogens is 294 g/mol. The van der Waals surface area contributed by atoms with Crippen molar-refractivity contribution in [3.8, 4) is 0 Å². The predicted molar refractivity (Wildman–Crippen MR) is 83.9 cm³/mol. The number of anilines is 1. The van der Waals surface area contributed by atoms with E-state index < -0.39 is 12.0 Å². The van der Waals surface area contributed by atoms with E-state index in [1.165, 1.54) is 4.68 Å². The van der Waals surface area contributed by atoms with Crippen molar-refractivity contribution in [2.75, 3.05) is 5.73 Å². The van der Waals surface area contributed by atoms with Gasteiger partial charge in [-0.25, -0.2) is 9.48 Å². The maximum absolute atomic E-state index is 11.8. The van der Waals surface area contributed by atoms with Gasteiger partial charge < -0.3 is 10.8 Å². The van der Waals surface area contributed by atoms with Crippen molar-refractivity contribution in [1.29, 1.82) is 0 Å². The van der Waals surface area contributed by atoms with Crippen LogP contribution in [0.4, 0.5) is 5.95 Å². The number of pyridine rings is 1. The molecule has 0 aliphatic carbocycles.